The van der Waals surface area contributed by atoms with Gasteiger partial charge in [0.2, 0.25) is 0 Å². The molecule has 2 fully saturated rings. The van der Waals surface area contributed by atoms with Crippen molar-refractivity contribution in [2.45, 2.75) is 38.9 Å². The largest absolute Gasteiger partial charge is 0.353 e. The molecule has 0 radical (unpaired) electrons. The molecule has 0 aromatic heterocycles. The topological polar surface area (TPSA) is 21.7 Å². The molecule has 2 aliphatic heterocycles. The fourth-order valence-corrected chi connectivity index (χ4v) is 2.44. The van der Waals surface area contributed by atoms with Crippen LogP contribution in [0.5, 0.6) is 0 Å². The second-order valence-electron chi connectivity index (χ2n) is 4.68. The lowest BCUT2D eigenvalue weighted by molar-refractivity contribution is -0.182. The van der Waals surface area contributed by atoms with Crippen molar-refractivity contribution < 1.29 is 9.47 Å². The number of nitrogens with zero attached hydrogens (tertiary/aromatic N) is 1. The van der Waals surface area contributed by atoms with Gasteiger partial charge in [-0.3, -0.25) is 0 Å². The Labute approximate surface area is 92.7 Å². The number of ether oxygens (including phenoxy) is 2. The summed E-state index contributed by atoms with van der Waals surface area (Å²) >= 11 is 0. The van der Waals surface area contributed by atoms with Crippen molar-refractivity contribution in [3.05, 3.63) is 0 Å². The van der Waals surface area contributed by atoms with Crippen molar-refractivity contribution in [1.82, 2.24) is 4.90 Å². The van der Waals surface area contributed by atoms with Gasteiger partial charge in [0, 0.05) is 19.5 Å². The van der Waals surface area contributed by atoms with Crippen molar-refractivity contribution in [2.75, 3.05) is 32.8 Å². The van der Waals surface area contributed by atoms with Crippen LogP contribution in [-0.4, -0.2) is 44.0 Å². The molecule has 2 saturated heterocycles. The molecule has 1 unspecified atom stereocenters. The summed E-state index contributed by atoms with van der Waals surface area (Å²) in [6.07, 6.45) is 4.86. The minimum absolute atomic E-state index is 0.0689. The first-order chi connectivity index (χ1) is 7.38. The highest BCUT2D eigenvalue weighted by atomic mass is 16.7. The first kappa shape index (κ1) is 11.4. The van der Waals surface area contributed by atoms with Gasteiger partial charge in [0.05, 0.1) is 13.2 Å². The van der Waals surface area contributed by atoms with E-state index in [2.05, 4.69) is 11.8 Å². The van der Waals surface area contributed by atoms with E-state index in [9.17, 15) is 0 Å². The first-order valence-corrected chi connectivity index (χ1v) is 6.34. The smallest absolute Gasteiger partial charge is 0.158 e. The van der Waals surface area contributed by atoms with E-state index in [1.165, 1.54) is 25.9 Å². The van der Waals surface area contributed by atoms with Crippen molar-refractivity contribution >= 4 is 0 Å². The van der Waals surface area contributed by atoms with E-state index in [1.807, 2.05) is 0 Å². The molecule has 0 bridgehead atoms. The Balaban J connectivity index is 1.61. The molecular formula is C12H23NO2. The monoisotopic (exact) mass is 213 g/mol. The average Bonchev–Trinajstić information content (AvgIpc) is 2.76. The van der Waals surface area contributed by atoms with Crippen molar-refractivity contribution in [2.24, 2.45) is 5.92 Å². The third kappa shape index (κ3) is 3.44. The maximum Gasteiger partial charge on any atom is 0.158 e. The first-order valence-electron chi connectivity index (χ1n) is 6.34. The minimum atomic E-state index is 0.0689. The van der Waals surface area contributed by atoms with E-state index < -0.39 is 0 Å². The Hall–Kier alpha value is -0.120. The third-order valence-corrected chi connectivity index (χ3v) is 3.52. The second-order valence-corrected chi connectivity index (χ2v) is 4.68. The van der Waals surface area contributed by atoms with E-state index in [0.29, 0.717) is 0 Å². The Morgan fingerprint density at radius 2 is 2.07 bits per heavy atom. The van der Waals surface area contributed by atoms with Crippen LogP contribution in [-0.2, 0) is 9.47 Å². The Morgan fingerprint density at radius 3 is 2.73 bits per heavy atom. The molecule has 0 amide bonds. The van der Waals surface area contributed by atoms with Gasteiger partial charge in [-0.1, -0.05) is 13.3 Å². The van der Waals surface area contributed by atoms with E-state index in [1.54, 1.807) is 0 Å². The molecule has 3 heteroatoms. The molecule has 2 aliphatic rings. The Morgan fingerprint density at radius 1 is 1.27 bits per heavy atom. The molecule has 0 aliphatic carbocycles. The van der Waals surface area contributed by atoms with Crippen LogP contribution in [0.2, 0.25) is 0 Å². The normalized spacial score (nSPS) is 29.8. The van der Waals surface area contributed by atoms with Crippen LogP contribution in [0, 0.1) is 5.92 Å². The number of hydrogen-bond donors (Lipinski definition) is 0. The van der Waals surface area contributed by atoms with Gasteiger partial charge >= 0.3 is 0 Å². The highest BCUT2D eigenvalue weighted by Crippen LogP contribution is 2.20. The lowest BCUT2D eigenvalue weighted by Gasteiger charge is -2.25. The molecule has 88 valence electrons. The SMILES string of the molecule is CCC1CCN(CCC2OCCCO2)C1. The van der Waals surface area contributed by atoms with Crippen LogP contribution in [0.15, 0.2) is 0 Å². The molecule has 2 heterocycles. The third-order valence-electron chi connectivity index (χ3n) is 3.52. The molecule has 0 spiro atoms. The lowest BCUT2D eigenvalue weighted by atomic mass is 10.1. The van der Waals surface area contributed by atoms with Gasteiger partial charge in [-0.2, -0.15) is 0 Å². The standard InChI is InChI=1S/C12H23NO2/c1-2-11-4-6-13(10-11)7-5-12-14-8-3-9-15-12/h11-12H,2-10H2,1H3. The van der Waals surface area contributed by atoms with E-state index in [4.69, 9.17) is 9.47 Å². The maximum atomic E-state index is 5.54. The van der Waals surface area contributed by atoms with Crippen LogP contribution in [0.1, 0.15) is 32.6 Å². The Bertz CT molecular complexity index is 180. The Kier molecular flexibility index (Phi) is 4.42. The summed E-state index contributed by atoms with van der Waals surface area (Å²) in [5.41, 5.74) is 0. The predicted octanol–water partition coefficient (Wildman–Crippen LogP) is 1.87. The van der Waals surface area contributed by atoms with E-state index in [-0.39, 0.29) is 6.29 Å². The fraction of sp³-hybridized carbons (Fsp3) is 1.00. The summed E-state index contributed by atoms with van der Waals surface area (Å²) < 4.78 is 11.1. The fourth-order valence-electron chi connectivity index (χ4n) is 2.44. The molecule has 15 heavy (non-hydrogen) atoms. The average molecular weight is 213 g/mol. The van der Waals surface area contributed by atoms with Crippen LogP contribution >= 0.6 is 0 Å². The van der Waals surface area contributed by atoms with Crippen LogP contribution in [0.25, 0.3) is 0 Å². The highest BCUT2D eigenvalue weighted by molar-refractivity contribution is 4.74. The molecule has 2 rings (SSSR count). The van der Waals surface area contributed by atoms with E-state index in [0.717, 1.165) is 38.5 Å². The second kappa shape index (κ2) is 5.83. The van der Waals surface area contributed by atoms with Crippen molar-refractivity contribution in [3.8, 4) is 0 Å². The zero-order valence-electron chi connectivity index (χ0n) is 9.78. The summed E-state index contributed by atoms with van der Waals surface area (Å²) in [7, 11) is 0. The van der Waals surface area contributed by atoms with Crippen molar-refractivity contribution in [3.63, 3.8) is 0 Å². The molecular weight excluding hydrogens is 190 g/mol. The summed E-state index contributed by atoms with van der Waals surface area (Å²) in [6.45, 7) is 7.74. The predicted molar refractivity (Wildman–Crippen MR) is 59.8 cm³/mol. The zero-order valence-corrected chi connectivity index (χ0v) is 9.78. The lowest BCUT2D eigenvalue weighted by Crippen LogP contribution is -2.30. The van der Waals surface area contributed by atoms with Gasteiger partial charge in [0.15, 0.2) is 6.29 Å². The van der Waals surface area contributed by atoms with Crippen LogP contribution in [0.4, 0.5) is 0 Å². The number of rotatable bonds is 4. The molecule has 0 aromatic carbocycles. The molecule has 0 saturated carbocycles. The molecule has 1 atom stereocenters. The molecule has 3 nitrogen and oxygen atoms in total. The maximum absolute atomic E-state index is 5.54. The number of likely N-dealkylation sites (tertiary alicyclic amines) is 1. The number of hydrogen-bond acceptors (Lipinski definition) is 3. The summed E-state index contributed by atoms with van der Waals surface area (Å²) in [5, 5.41) is 0. The van der Waals surface area contributed by atoms with Crippen molar-refractivity contribution in [1.29, 1.82) is 0 Å². The molecule has 0 N–H and O–H groups in total. The van der Waals surface area contributed by atoms with E-state index >= 15 is 0 Å². The quantitative estimate of drug-likeness (QED) is 0.711. The van der Waals surface area contributed by atoms with Crippen LogP contribution < -0.4 is 0 Å². The minimum Gasteiger partial charge on any atom is -0.353 e. The summed E-state index contributed by atoms with van der Waals surface area (Å²) in [4.78, 5) is 2.55. The van der Waals surface area contributed by atoms with Gasteiger partial charge in [-0.15, -0.1) is 0 Å². The van der Waals surface area contributed by atoms with Gasteiger partial charge < -0.3 is 14.4 Å². The molecule has 0 aromatic rings. The zero-order chi connectivity index (χ0) is 10.5. The van der Waals surface area contributed by atoms with Crippen LogP contribution in [0.3, 0.4) is 0 Å². The summed E-state index contributed by atoms with van der Waals surface area (Å²) in [6, 6.07) is 0. The van der Waals surface area contributed by atoms with Gasteiger partial charge in [0.1, 0.15) is 0 Å². The van der Waals surface area contributed by atoms with Gasteiger partial charge in [-0.25, -0.2) is 0 Å². The summed E-state index contributed by atoms with van der Waals surface area (Å²) in [5.74, 6) is 0.929. The highest BCUT2D eigenvalue weighted by Gasteiger charge is 2.22. The van der Waals surface area contributed by atoms with Gasteiger partial charge in [-0.05, 0) is 25.3 Å². The van der Waals surface area contributed by atoms with Gasteiger partial charge in [0.25, 0.3) is 0 Å².